The first-order valence-electron chi connectivity index (χ1n) is 8.53. The maximum Gasteiger partial charge on any atom is 0.254 e. The van der Waals surface area contributed by atoms with Crippen molar-refractivity contribution in [3.05, 3.63) is 40.7 Å². The van der Waals surface area contributed by atoms with Crippen molar-refractivity contribution in [1.82, 2.24) is 14.4 Å². The Kier molecular flexibility index (Phi) is 2.89. The molecule has 1 aromatic carbocycles. The molecule has 1 saturated carbocycles. The van der Waals surface area contributed by atoms with E-state index < -0.39 is 0 Å². The molecule has 2 atom stereocenters. The topological polar surface area (TPSA) is 87.5 Å². The Morgan fingerprint density at radius 3 is 2.40 bits per heavy atom. The van der Waals surface area contributed by atoms with E-state index in [1.54, 1.807) is 4.40 Å². The highest BCUT2D eigenvalue weighted by Crippen LogP contribution is 2.40. The molecule has 7 nitrogen and oxygen atoms in total. The van der Waals surface area contributed by atoms with Crippen LogP contribution in [0.4, 0.5) is 5.82 Å². The van der Waals surface area contributed by atoms with Crippen molar-refractivity contribution in [3.63, 3.8) is 0 Å². The minimum absolute atomic E-state index is 0.195. The first-order valence-corrected chi connectivity index (χ1v) is 8.53. The van der Waals surface area contributed by atoms with Gasteiger partial charge in [-0.2, -0.15) is 0 Å². The van der Waals surface area contributed by atoms with E-state index in [2.05, 4.69) is 9.97 Å². The number of amides is 2. The van der Waals surface area contributed by atoms with Crippen molar-refractivity contribution in [2.45, 2.75) is 25.7 Å². The number of benzene rings is 1. The lowest BCUT2D eigenvalue weighted by atomic mass is 9.81. The zero-order valence-electron chi connectivity index (χ0n) is 13.4. The van der Waals surface area contributed by atoms with E-state index in [1.807, 2.05) is 24.3 Å². The van der Waals surface area contributed by atoms with E-state index in [9.17, 15) is 14.4 Å². The third-order valence-corrected chi connectivity index (χ3v) is 5.36. The largest absolute Gasteiger partial charge is 0.292 e. The fourth-order valence-corrected chi connectivity index (χ4v) is 4.22. The van der Waals surface area contributed by atoms with E-state index in [0.717, 1.165) is 31.2 Å². The summed E-state index contributed by atoms with van der Waals surface area (Å²) in [5.41, 5.74) is 1.06. The fourth-order valence-electron chi connectivity index (χ4n) is 4.22. The van der Waals surface area contributed by atoms with Gasteiger partial charge in [0, 0.05) is 6.07 Å². The minimum Gasteiger partial charge on any atom is -0.292 e. The summed E-state index contributed by atoms with van der Waals surface area (Å²) in [5.74, 6) is -0.287. The number of hydrogen-bond donors (Lipinski definition) is 1. The van der Waals surface area contributed by atoms with Crippen molar-refractivity contribution >= 4 is 34.4 Å². The van der Waals surface area contributed by atoms with Crippen LogP contribution >= 0.6 is 0 Å². The van der Waals surface area contributed by atoms with E-state index >= 15 is 0 Å². The van der Waals surface area contributed by atoms with Crippen molar-refractivity contribution in [2.75, 3.05) is 4.90 Å². The minimum atomic E-state index is -0.381. The number of para-hydroxylation sites is 2. The summed E-state index contributed by atoms with van der Waals surface area (Å²) >= 11 is 0. The van der Waals surface area contributed by atoms with Crippen LogP contribution in [0.2, 0.25) is 0 Å². The van der Waals surface area contributed by atoms with Crippen LogP contribution in [0, 0.1) is 11.8 Å². The average Bonchev–Trinajstić information content (AvgIpc) is 3.10. The summed E-state index contributed by atoms with van der Waals surface area (Å²) in [6.45, 7) is 0. The molecular weight excluding hydrogens is 320 g/mol. The van der Waals surface area contributed by atoms with Gasteiger partial charge in [0.1, 0.15) is 5.82 Å². The van der Waals surface area contributed by atoms with Gasteiger partial charge >= 0.3 is 0 Å². The van der Waals surface area contributed by atoms with E-state index in [4.69, 9.17) is 0 Å². The second-order valence-corrected chi connectivity index (χ2v) is 6.76. The highest BCUT2D eigenvalue weighted by atomic mass is 16.2. The van der Waals surface area contributed by atoms with Gasteiger partial charge in [0.2, 0.25) is 17.6 Å². The molecule has 126 valence electrons. The van der Waals surface area contributed by atoms with Gasteiger partial charge in [0.25, 0.3) is 5.56 Å². The summed E-state index contributed by atoms with van der Waals surface area (Å²) in [5, 5.41) is 0. The first-order chi connectivity index (χ1) is 12.1. The van der Waals surface area contributed by atoms with Gasteiger partial charge in [-0.15, -0.1) is 0 Å². The molecule has 1 aliphatic carbocycles. The first kappa shape index (κ1) is 14.4. The molecule has 1 aliphatic heterocycles. The third-order valence-electron chi connectivity index (χ3n) is 5.36. The van der Waals surface area contributed by atoms with Crippen LogP contribution in [0.5, 0.6) is 0 Å². The number of anilines is 1. The number of nitrogens with zero attached hydrogens (tertiary/aromatic N) is 3. The Morgan fingerprint density at radius 1 is 1.00 bits per heavy atom. The van der Waals surface area contributed by atoms with Crippen molar-refractivity contribution in [2.24, 2.45) is 11.8 Å². The number of imidazole rings is 1. The Bertz CT molecular complexity index is 1070. The Labute approximate surface area is 142 Å². The van der Waals surface area contributed by atoms with Crippen molar-refractivity contribution in [3.8, 4) is 0 Å². The molecule has 1 saturated heterocycles. The van der Waals surface area contributed by atoms with Crippen LogP contribution < -0.4 is 10.5 Å². The lowest BCUT2D eigenvalue weighted by molar-refractivity contribution is -0.122. The van der Waals surface area contributed by atoms with E-state index in [-0.39, 0.29) is 35.0 Å². The molecule has 1 N–H and O–H groups in total. The SMILES string of the molecule is O=C1C2CCCCC2C(=O)N1c1cc(=O)[nH]c2nc3ccccc3n12. The van der Waals surface area contributed by atoms with Crippen LogP contribution in [0.25, 0.3) is 16.8 Å². The van der Waals surface area contributed by atoms with Gasteiger partial charge in [-0.05, 0) is 25.0 Å². The molecule has 2 aliphatic rings. The Morgan fingerprint density at radius 2 is 1.68 bits per heavy atom. The Hall–Kier alpha value is -2.96. The summed E-state index contributed by atoms with van der Waals surface area (Å²) in [7, 11) is 0. The molecular formula is C18H16N4O3. The van der Waals surface area contributed by atoms with E-state index in [0.29, 0.717) is 11.3 Å². The average molecular weight is 336 g/mol. The lowest BCUT2D eigenvalue weighted by Gasteiger charge is -2.19. The van der Waals surface area contributed by atoms with Gasteiger partial charge in [-0.3, -0.25) is 23.8 Å². The van der Waals surface area contributed by atoms with Crippen LogP contribution in [-0.4, -0.2) is 26.2 Å². The predicted molar refractivity (Wildman–Crippen MR) is 91.3 cm³/mol. The number of aromatic amines is 1. The van der Waals surface area contributed by atoms with Gasteiger partial charge in [0.15, 0.2) is 0 Å². The summed E-state index contributed by atoms with van der Waals surface area (Å²) < 4.78 is 1.68. The fraction of sp³-hybridized carbons (Fsp3) is 0.333. The quantitative estimate of drug-likeness (QED) is 0.687. The number of aromatic nitrogens is 3. The summed E-state index contributed by atoms with van der Waals surface area (Å²) in [6, 6.07) is 8.72. The second kappa shape index (κ2) is 5.02. The van der Waals surface area contributed by atoms with Crippen molar-refractivity contribution < 1.29 is 9.59 Å². The normalized spacial score (nSPS) is 23.6. The molecule has 2 unspecified atom stereocenters. The number of hydrogen-bond acceptors (Lipinski definition) is 4. The highest BCUT2D eigenvalue weighted by Gasteiger charge is 2.49. The molecule has 5 rings (SSSR count). The van der Waals surface area contributed by atoms with Gasteiger partial charge in [0.05, 0.1) is 22.9 Å². The summed E-state index contributed by atoms with van der Waals surface area (Å²) in [6.07, 6.45) is 3.41. The zero-order chi connectivity index (χ0) is 17.1. The molecule has 3 aromatic rings. The van der Waals surface area contributed by atoms with Crippen molar-refractivity contribution in [1.29, 1.82) is 0 Å². The van der Waals surface area contributed by atoms with Crippen LogP contribution in [-0.2, 0) is 9.59 Å². The zero-order valence-corrected chi connectivity index (χ0v) is 13.4. The molecule has 0 bridgehead atoms. The van der Waals surface area contributed by atoms with Gasteiger partial charge < -0.3 is 0 Å². The monoisotopic (exact) mass is 336 g/mol. The molecule has 2 amide bonds. The van der Waals surface area contributed by atoms with Gasteiger partial charge in [-0.1, -0.05) is 25.0 Å². The van der Waals surface area contributed by atoms with Gasteiger partial charge in [-0.25, -0.2) is 9.88 Å². The molecule has 3 heterocycles. The van der Waals surface area contributed by atoms with E-state index in [1.165, 1.54) is 11.0 Å². The molecule has 0 radical (unpaired) electrons. The summed E-state index contributed by atoms with van der Waals surface area (Å²) in [4.78, 5) is 46.2. The molecule has 7 heteroatoms. The maximum absolute atomic E-state index is 12.9. The third kappa shape index (κ3) is 1.92. The van der Waals surface area contributed by atoms with Crippen LogP contribution in [0.3, 0.4) is 0 Å². The highest BCUT2D eigenvalue weighted by molar-refractivity contribution is 6.22. The maximum atomic E-state index is 12.9. The number of fused-ring (bicyclic) bond motifs is 4. The number of H-pyrrole nitrogens is 1. The Balaban J connectivity index is 1.79. The standard InChI is InChI=1S/C18H16N4O3/c23-14-9-15(21-13-8-4-3-7-12(13)19-18(21)20-14)22-16(24)10-5-1-2-6-11(10)17(22)25/h3-4,7-11H,1-2,5-6H2,(H,19,20,23). The lowest BCUT2D eigenvalue weighted by Crippen LogP contribution is -2.33. The number of rotatable bonds is 1. The number of carbonyl (C=O) groups excluding carboxylic acids is 2. The van der Waals surface area contributed by atoms with Crippen LogP contribution in [0.1, 0.15) is 25.7 Å². The number of imide groups is 1. The predicted octanol–water partition coefficient (Wildman–Crippen LogP) is 1.86. The number of carbonyl (C=O) groups is 2. The second-order valence-electron chi connectivity index (χ2n) is 6.76. The smallest absolute Gasteiger partial charge is 0.254 e. The van der Waals surface area contributed by atoms with Crippen LogP contribution in [0.15, 0.2) is 35.1 Å². The molecule has 0 spiro atoms. The molecule has 2 aromatic heterocycles. The molecule has 2 fully saturated rings. The molecule has 25 heavy (non-hydrogen) atoms. The number of nitrogens with one attached hydrogen (secondary N) is 1.